The lowest BCUT2D eigenvalue weighted by Gasteiger charge is -2.24. The number of aromatic nitrogens is 1. The summed E-state index contributed by atoms with van der Waals surface area (Å²) in [5, 5.41) is 0. The Morgan fingerprint density at radius 1 is 1.40 bits per heavy atom. The Morgan fingerprint density at radius 2 is 2.10 bits per heavy atom. The van der Waals surface area contributed by atoms with E-state index in [1.54, 1.807) is 52.2 Å². The molecule has 6 nitrogen and oxygen atoms in total. The van der Waals surface area contributed by atoms with Crippen molar-refractivity contribution in [3.63, 3.8) is 0 Å². The molecule has 1 atom stereocenters. The lowest BCUT2D eigenvalue weighted by molar-refractivity contribution is -0.158. The van der Waals surface area contributed by atoms with E-state index in [9.17, 15) is 9.59 Å². The Morgan fingerprint density at radius 3 is 2.65 bits per heavy atom. The topological polar surface area (TPSA) is 62.7 Å². The molecule has 0 spiro atoms. The molecule has 1 aromatic heterocycles. The lowest BCUT2D eigenvalue weighted by atomic mass is 10.2. The van der Waals surface area contributed by atoms with Crippen molar-refractivity contribution in [3.8, 4) is 0 Å². The maximum atomic E-state index is 12.2. The molecule has 0 radical (unpaired) electrons. The molecule has 1 saturated heterocycles. The Labute approximate surface area is 118 Å². The molecule has 1 aliphatic rings. The van der Waals surface area contributed by atoms with E-state index < -0.39 is 17.6 Å². The minimum atomic E-state index is -0.608. The third-order valence-electron chi connectivity index (χ3n) is 2.96. The lowest BCUT2D eigenvalue weighted by Crippen LogP contribution is -2.40. The number of hydrogen-bond donors (Lipinski definition) is 0. The maximum Gasteiger partial charge on any atom is 0.331 e. The second-order valence-electron chi connectivity index (χ2n) is 5.74. The monoisotopic (exact) mass is 277 g/mol. The largest absolute Gasteiger partial charge is 0.458 e. The number of hydrogen-bond acceptors (Lipinski definition) is 4. The fourth-order valence-corrected chi connectivity index (χ4v) is 2.00. The quantitative estimate of drug-likeness (QED) is 0.771. The molecule has 0 N–H and O–H groups in total. The van der Waals surface area contributed by atoms with Crippen LogP contribution in [0.1, 0.15) is 20.8 Å². The number of likely N-dealkylation sites (N-methyl/N-ethyl adjacent to an activating group) is 1. The zero-order valence-corrected chi connectivity index (χ0v) is 12.2. The van der Waals surface area contributed by atoms with Gasteiger partial charge in [0.25, 0.3) is 0 Å². The summed E-state index contributed by atoms with van der Waals surface area (Å²) in [4.78, 5) is 31.3. The van der Waals surface area contributed by atoms with E-state index in [1.807, 2.05) is 0 Å². The van der Waals surface area contributed by atoms with E-state index in [4.69, 9.17) is 4.74 Å². The fraction of sp³-hybridized carbons (Fsp3) is 0.500. The normalized spacial score (nSPS) is 19.4. The van der Waals surface area contributed by atoms with E-state index in [1.165, 1.54) is 9.80 Å². The summed E-state index contributed by atoms with van der Waals surface area (Å²) in [7, 11) is 1.60. The Bertz CT molecular complexity index is 510. The van der Waals surface area contributed by atoms with Crippen LogP contribution in [0.25, 0.3) is 0 Å². The number of urea groups is 1. The van der Waals surface area contributed by atoms with E-state index in [0.29, 0.717) is 5.82 Å². The SMILES string of the molecule is CN1C(=O)N(c2ccccn2)CC1C(=O)OC(C)(C)C. The molecule has 0 aliphatic carbocycles. The number of nitrogens with zero attached hydrogens (tertiary/aromatic N) is 3. The third kappa shape index (κ3) is 2.89. The molecule has 1 unspecified atom stereocenters. The van der Waals surface area contributed by atoms with Crippen LogP contribution >= 0.6 is 0 Å². The zero-order chi connectivity index (χ0) is 14.9. The summed E-state index contributed by atoms with van der Waals surface area (Å²) in [5.74, 6) is 0.141. The molecule has 1 aromatic rings. The van der Waals surface area contributed by atoms with Gasteiger partial charge in [-0.05, 0) is 32.9 Å². The van der Waals surface area contributed by atoms with Crippen LogP contribution in [0.15, 0.2) is 24.4 Å². The molecule has 0 aromatic carbocycles. The van der Waals surface area contributed by atoms with Gasteiger partial charge in [0, 0.05) is 13.2 Å². The molecular weight excluding hydrogens is 258 g/mol. The van der Waals surface area contributed by atoms with Gasteiger partial charge in [-0.25, -0.2) is 14.6 Å². The highest BCUT2D eigenvalue weighted by atomic mass is 16.6. The van der Waals surface area contributed by atoms with Gasteiger partial charge in [-0.2, -0.15) is 0 Å². The molecule has 20 heavy (non-hydrogen) atoms. The predicted octanol–water partition coefficient (Wildman–Crippen LogP) is 1.66. The molecule has 2 heterocycles. The third-order valence-corrected chi connectivity index (χ3v) is 2.96. The molecule has 0 bridgehead atoms. The summed E-state index contributed by atoms with van der Waals surface area (Å²) < 4.78 is 5.34. The van der Waals surface area contributed by atoms with Gasteiger partial charge < -0.3 is 9.64 Å². The Kier molecular flexibility index (Phi) is 3.65. The predicted molar refractivity (Wildman–Crippen MR) is 74.4 cm³/mol. The highest BCUT2D eigenvalue weighted by molar-refractivity contribution is 5.98. The van der Waals surface area contributed by atoms with Crippen molar-refractivity contribution in [2.45, 2.75) is 32.4 Å². The van der Waals surface area contributed by atoms with Crippen LogP contribution in [-0.2, 0) is 9.53 Å². The average Bonchev–Trinajstić information content (AvgIpc) is 2.66. The van der Waals surface area contributed by atoms with Crippen LogP contribution in [0.2, 0.25) is 0 Å². The highest BCUT2D eigenvalue weighted by Gasteiger charge is 2.42. The van der Waals surface area contributed by atoms with Crippen molar-refractivity contribution in [1.82, 2.24) is 9.88 Å². The van der Waals surface area contributed by atoms with Gasteiger partial charge in [-0.3, -0.25) is 4.90 Å². The molecule has 6 heteroatoms. The van der Waals surface area contributed by atoms with Crippen LogP contribution in [0.5, 0.6) is 0 Å². The number of rotatable bonds is 2. The molecule has 108 valence electrons. The van der Waals surface area contributed by atoms with Crippen molar-refractivity contribution >= 4 is 17.8 Å². The standard InChI is InChI=1S/C14H19N3O3/c1-14(2,3)20-12(18)10-9-17(13(19)16(10)4)11-7-5-6-8-15-11/h5-8,10H,9H2,1-4H3. The Hall–Kier alpha value is -2.11. The number of anilines is 1. The number of carbonyl (C=O) groups is 2. The number of amides is 2. The Balaban J connectivity index is 2.15. The minimum Gasteiger partial charge on any atom is -0.458 e. The highest BCUT2D eigenvalue weighted by Crippen LogP contribution is 2.22. The van der Waals surface area contributed by atoms with E-state index in [0.717, 1.165) is 0 Å². The maximum absolute atomic E-state index is 12.2. The van der Waals surface area contributed by atoms with Gasteiger partial charge in [0.1, 0.15) is 17.5 Å². The van der Waals surface area contributed by atoms with Crippen molar-refractivity contribution in [2.24, 2.45) is 0 Å². The molecule has 2 rings (SSSR count). The number of carbonyl (C=O) groups excluding carboxylic acids is 2. The summed E-state index contributed by atoms with van der Waals surface area (Å²) >= 11 is 0. The molecule has 0 saturated carbocycles. The van der Waals surface area contributed by atoms with Gasteiger partial charge >= 0.3 is 12.0 Å². The van der Waals surface area contributed by atoms with Crippen LogP contribution in [0.4, 0.5) is 10.6 Å². The first kappa shape index (κ1) is 14.3. The van der Waals surface area contributed by atoms with Gasteiger partial charge in [-0.15, -0.1) is 0 Å². The van der Waals surface area contributed by atoms with E-state index >= 15 is 0 Å². The fourth-order valence-electron chi connectivity index (χ4n) is 2.00. The van der Waals surface area contributed by atoms with Gasteiger partial charge in [0.05, 0.1) is 6.54 Å². The van der Waals surface area contributed by atoms with Gasteiger partial charge in [0.2, 0.25) is 0 Å². The van der Waals surface area contributed by atoms with Crippen LogP contribution < -0.4 is 4.90 Å². The smallest absolute Gasteiger partial charge is 0.331 e. The number of ether oxygens (including phenoxy) is 1. The molecule has 2 amide bonds. The summed E-state index contributed by atoms with van der Waals surface area (Å²) in [5.41, 5.74) is -0.570. The summed E-state index contributed by atoms with van der Waals surface area (Å²) in [6.45, 7) is 5.66. The number of esters is 1. The van der Waals surface area contributed by atoms with Crippen molar-refractivity contribution < 1.29 is 14.3 Å². The van der Waals surface area contributed by atoms with E-state index in [-0.39, 0.29) is 12.6 Å². The first-order valence-corrected chi connectivity index (χ1v) is 6.48. The number of pyridine rings is 1. The zero-order valence-electron chi connectivity index (χ0n) is 12.2. The van der Waals surface area contributed by atoms with Crippen LogP contribution in [0.3, 0.4) is 0 Å². The van der Waals surface area contributed by atoms with Crippen LogP contribution in [-0.4, -0.2) is 47.1 Å². The first-order chi connectivity index (χ1) is 9.29. The van der Waals surface area contributed by atoms with Crippen LogP contribution in [0, 0.1) is 0 Å². The second kappa shape index (κ2) is 5.11. The summed E-state index contributed by atoms with van der Waals surface area (Å²) in [6, 6.07) is 4.46. The van der Waals surface area contributed by atoms with Gasteiger partial charge in [-0.1, -0.05) is 6.07 Å². The second-order valence-corrected chi connectivity index (χ2v) is 5.74. The van der Waals surface area contributed by atoms with Gasteiger partial charge in [0.15, 0.2) is 0 Å². The molecule has 1 fully saturated rings. The van der Waals surface area contributed by atoms with Crippen molar-refractivity contribution in [1.29, 1.82) is 0 Å². The van der Waals surface area contributed by atoms with E-state index in [2.05, 4.69) is 4.98 Å². The van der Waals surface area contributed by atoms with Crippen molar-refractivity contribution in [3.05, 3.63) is 24.4 Å². The molecule has 1 aliphatic heterocycles. The first-order valence-electron chi connectivity index (χ1n) is 6.48. The minimum absolute atomic E-state index is 0.250. The summed E-state index contributed by atoms with van der Waals surface area (Å²) in [6.07, 6.45) is 1.61. The molecular formula is C14H19N3O3. The van der Waals surface area contributed by atoms with Crippen molar-refractivity contribution in [2.75, 3.05) is 18.5 Å². The average molecular weight is 277 g/mol.